The lowest BCUT2D eigenvalue weighted by molar-refractivity contribution is 0.264. The Hall–Kier alpha value is -2.13. The number of likely N-dealkylation sites (N-methyl/N-ethyl adjacent to an activating group) is 1. The number of hydrogen-bond donors (Lipinski definition) is 0. The summed E-state index contributed by atoms with van der Waals surface area (Å²) >= 11 is 7.14. The number of rotatable bonds is 7. The molecule has 0 spiro atoms. The van der Waals surface area contributed by atoms with Gasteiger partial charge in [-0.3, -0.25) is 0 Å². The molecule has 4 rings (SSSR count). The van der Waals surface area contributed by atoms with Gasteiger partial charge >= 0.3 is 0 Å². The molecule has 32 heavy (non-hydrogen) atoms. The average molecular weight is 578 g/mol. The Labute approximate surface area is 204 Å². The molecule has 0 saturated heterocycles. The molecule has 8 heteroatoms. The summed E-state index contributed by atoms with van der Waals surface area (Å²) in [6.07, 6.45) is 0. The van der Waals surface area contributed by atoms with Crippen LogP contribution in [-0.2, 0) is 10.0 Å². The summed E-state index contributed by atoms with van der Waals surface area (Å²) in [6.45, 7) is 1.11. The highest BCUT2D eigenvalue weighted by molar-refractivity contribution is 9.11. The summed E-state index contributed by atoms with van der Waals surface area (Å²) in [4.78, 5) is 2.23. The van der Waals surface area contributed by atoms with Gasteiger partial charge in [0, 0.05) is 26.4 Å². The Kier molecular flexibility index (Phi) is 6.76. The van der Waals surface area contributed by atoms with Crippen LogP contribution in [0, 0.1) is 0 Å². The van der Waals surface area contributed by atoms with E-state index in [1.54, 1.807) is 30.3 Å². The van der Waals surface area contributed by atoms with E-state index in [0.29, 0.717) is 40.0 Å². The Morgan fingerprint density at radius 2 is 1.56 bits per heavy atom. The maximum atomic E-state index is 13.9. The minimum Gasteiger partial charge on any atom is -0.489 e. The highest BCUT2D eigenvalue weighted by atomic mass is 79.9. The van der Waals surface area contributed by atoms with Gasteiger partial charge in [0.15, 0.2) is 5.75 Å². The van der Waals surface area contributed by atoms with Crippen molar-refractivity contribution in [2.75, 3.05) is 27.2 Å². The molecule has 0 aliphatic carbocycles. The first-order valence-corrected chi connectivity index (χ1v) is 13.0. The quantitative estimate of drug-likeness (QED) is 0.270. The van der Waals surface area contributed by atoms with Crippen molar-refractivity contribution in [1.82, 2.24) is 8.87 Å². The van der Waals surface area contributed by atoms with Gasteiger partial charge in [-0.05, 0) is 54.3 Å². The van der Waals surface area contributed by atoms with E-state index in [1.807, 2.05) is 61.5 Å². The Balaban J connectivity index is 2.10. The smallest absolute Gasteiger partial charge is 0.268 e. The monoisotopic (exact) mass is 576 g/mol. The molecule has 0 aliphatic heterocycles. The van der Waals surface area contributed by atoms with Crippen LogP contribution in [0.1, 0.15) is 0 Å². The van der Waals surface area contributed by atoms with E-state index in [-0.39, 0.29) is 4.90 Å². The predicted molar refractivity (Wildman–Crippen MR) is 136 cm³/mol. The van der Waals surface area contributed by atoms with Gasteiger partial charge in [-0.25, -0.2) is 12.4 Å². The molecule has 0 N–H and O–H groups in total. The van der Waals surface area contributed by atoms with Crippen molar-refractivity contribution in [2.45, 2.75) is 4.90 Å². The summed E-state index contributed by atoms with van der Waals surface area (Å²) in [6, 6.07) is 21.7. The van der Waals surface area contributed by atoms with Gasteiger partial charge in [-0.1, -0.05) is 64.5 Å². The fourth-order valence-electron chi connectivity index (χ4n) is 3.54. The van der Waals surface area contributed by atoms with E-state index < -0.39 is 10.0 Å². The third-order valence-corrected chi connectivity index (χ3v) is 7.78. The lowest BCUT2D eigenvalue weighted by Crippen LogP contribution is -2.19. The summed E-state index contributed by atoms with van der Waals surface area (Å²) in [5, 5.41) is 0.711. The first kappa shape index (κ1) is 23.0. The van der Waals surface area contributed by atoms with Crippen LogP contribution >= 0.6 is 31.9 Å². The molecule has 0 atom stereocenters. The highest BCUT2D eigenvalue weighted by Crippen LogP contribution is 2.45. The number of benzene rings is 3. The molecule has 0 aliphatic rings. The summed E-state index contributed by atoms with van der Waals surface area (Å²) in [7, 11) is 0.0207. The second-order valence-electron chi connectivity index (χ2n) is 7.56. The Bertz CT molecular complexity index is 1350. The van der Waals surface area contributed by atoms with Gasteiger partial charge in [0.05, 0.1) is 10.4 Å². The summed E-state index contributed by atoms with van der Waals surface area (Å²) < 4.78 is 37.0. The van der Waals surface area contributed by atoms with Gasteiger partial charge in [0.25, 0.3) is 10.0 Å². The van der Waals surface area contributed by atoms with E-state index in [4.69, 9.17) is 4.74 Å². The molecule has 4 aromatic rings. The van der Waals surface area contributed by atoms with Gasteiger partial charge in [0.1, 0.15) is 12.3 Å². The topological polar surface area (TPSA) is 51.5 Å². The number of aromatic nitrogens is 1. The van der Waals surface area contributed by atoms with Crippen LogP contribution in [-0.4, -0.2) is 44.5 Å². The van der Waals surface area contributed by atoms with Crippen LogP contribution in [0.3, 0.4) is 0 Å². The summed E-state index contributed by atoms with van der Waals surface area (Å²) in [5.74, 6) is 0.537. The molecule has 1 heterocycles. The highest BCUT2D eigenvalue weighted by Gasteiger charge is 2.30. The maximum Gasteiger partial charge on any atom is 0.268 e. The van der Waals surface area contributed by atoms with Crippen molar-refractivity contribution in [2.24, 2.45) is 0 Å². The van der Waals surface area contributed by atoms with Crippen molar-refractivity contribution < 1.29 is 13.2 Å². The summed E-state index contributed by atoms with van der Waals surface area (Å²) in [5.41, 5.74) is 1.80. The number of halogens is 2. The Morgan fingerprint density at radius 1 is 0.938 bits per heavy atom. The molecule has 3 aromatic carbocycles. The first-order chi connectivity index (χ1) is 15.3. The number of hydrogen-bond acceptors (Lipinski definition) is 4. The van der Waals surface area contributed by atoms with E-state index in [2.05, 4.69) is 31.9 Å². The normalized spacial score (nSPS) is 11.9. The van der Waals surface area contributed by atoms with Crippen molar-refractivity contribution in [3.63, 3.8) is 0 Å². The zero-order valence-corrected chi connectivity index (χ0v) is 21.6. The molecular formula is C24H22Br2N2O3S. The predicted octanol–water partition coefficient (Wildman–Crippen LogP) is 6.01. The number of fused-ring (bicyclic) bond motifs is 1. The number of ether oxygens (including phenoxy) is 1. The maximum absolute atomic E-state index is 13.9. The zero-order chi connectivity index (χ0) is 22.9. The zero-order valence-electron chi connectivity index (χ0n) is 17.6. The van der Waals surface area contributed by atoms with Crippen molar-refractivity contribution in [1.29, 1.82) is 0 Å². The number of nitrogens with zero attached hydrogens (tertiary/aromatic N) is 2. The molecule has 0 bridgehead atoms. The second-order valence-corrected chi connectivity index (χ2v) is 11.1. The van der Waals surface area contributed by atoms with E-state index in [9.17, 15) is 8.42 Å². The van der Waals surface area contributed by atoms with Gasteiger partial charge in [0.2, 0.25) is 0 Å². The van der Waals surface area contributed by atoms with Crippen molar-refractivity contribution in [3.8, 4) is 17.0 Å². The van der Waals surface area contributed by atoms with E-state index in [0.717, 1.165) is 10.0 Å². The van der Waals surface area contributed by atoms with Gasteiger partial charge in [-0.2, -0.15) is 0 Å². The van der Waals surface area contributed by atoms with E-state index in [1.165, 1.54) is 3.97 Å². The lowest BCUT2D eigenvalue weighted by Gasteiger charge is -2.15. The van der Waals surface area contributed by atoms with Crippen molar-refractivity contribution >= 4 is 52.8 Å². The van der Waals surface area contributed by atoms with Gasteiger partial charge < -0.3 is 9.64 Å². The largest absolute Gasteiger partial charge is 0.489 e. The third kappa shape index (κ3) is 4.37. The van der Waals surface area contributed by atoms with Gasteiger partial charge in [-0.15, -0.1) is 0 Å². The van der Waals surface area contributed by atoms with Crippen LogP contribution in [0.2, 0.25) is 0 Å². The first-order valence-electron chi connectivity index (χ1n) is 9.97. The minimum atomic E-state index is -3.92. The lowest BCUT2D eigenvalue weighted by atomic mass is 10.1. The third-order valence-electron chi connectivity index (χ3n) is 5.01. The van der Waals surface area contributed by atoms with Crippen LogP contribution < -0.4 is 4.74 Å². The molecule has 0 fully saturated rings. The molecule has 0 amide bonds. The molecule has 0 unspecified atom stereocenters. The van der Waals surface area contributed by atoms with Crippen LogP contribution in [0.15, 0.2) is 86.6 Å². The van der Waals surface area contributed by atoms with Crippen molar-refractivity contribution in [3.05, 3.63) is 81.7 Å². The standard InChI is InChI=1S/C24H22Br2N2O3S/c1-27(2)13-14-31-24-20-15-18(25)16-21(26)23(20)28(22(24)17-9-5-3-6-10-17)32(29,30)19-11-7-4-8-12-19/h3-12,15-16H,13-14H2,1-2H3. The van der Waals surface area contributed by atoms with Crippen LogP contribution in [0.5, 0.6) is 5.75 Å². The molecular weight excluding hydrogens is 556 g/mol. The minimum absolute atomic E-state index is 0.212. The van der Waals surface area contributed by atoms with Crippen LogP contribution in [0.4, 0.5) is 0 Å². The molecule has 5 nitrogen and oxygen atoms in total. The molecule has 1 aromatic heterocycles. The van der Waals surface area contributed by atoms with E-state index >= 15 is 0 Å². The second kappa shape index (κ2) is 9.39. The fourth-order valence-corrected chi connectivity index (χ4v) is 6.63. The molecule has 0 saturated carbocycles. The van der Waals surface area contributed by atoms with Crippen LogP contribution in [0.25, 0.3) is 22.2 Å². The molecule has 166 valence electrons. The average Bonchev–Trinajstić information content (AvgIpc) is 3.10. The fraction of sp³-hybridized carbons (Fsp3) is 0.167. The molecule has 0 radical (unpaired) electrons. The SMILES string of the molecule is CN(C)CCOc1c(-c2ccccc2)n(S(=O)(=O)c2ccccc2)c2c(Br)cc(Br)cc12. The Morgan fingerprint density at radius 3 is 2.19 bits per heavy atom.